The highest BCUT2D eigenvalue weighted by Gasteiger charge is 2.19. The summed E-state index contributed by atoms with van der Waals surface area (Å²) in [6.45, 7) is 6.68. The van der Waals surface area contributed by atoms with E-state index >= 15 is 0 Å². The van der Waals surface area contributed by atoms with Crippen LogP contribution in [0.1, 0.15) is 361 Å². The Hall–Kier alpha value is -2.37. The Morgan fingerprint density at radius 2 is 0.486 bits per heavy atom. The van der Waals surface area contributed by atoms with Gasteiger partial charge in [0.05, 0.1) is 0 Å². The van der Waals surface area contributed by atoms with E-state index in [4.69, 9.17) is 14.2 Å². The van der Waals surface area contributed by atoms with Crippen LogP contribution in [-0.4, -0.2) is 37.2 Å². The molecule has 0 aromatic carbocycles. The minimum absolute atomic E-state index is 0.0690. The second-order valence-electron chi connectivity index (χ2n) is 22.4. The molecule has 74 heavy (non-hydrogen) atoms. The molecular formula is C68H126O6. The molecule has 434 valence electrons. The molecule has 6 heteroatoms. The van der Waals surface area contributed by atoms with Crippen molar-refractivity contribution in [3.05, 3.63) is 36.5 Å². The summed E-state index contributed by atoms with van der Waals surface area (Å²) in [6.07, 6.45) is 77.3. The van der Waals surface area contributed by atoms with Crippen molar-refractivity contribution >= 4 is 17.9 Å². The van der Waals surface area contributed by atoms with E-state index in [-0.39, 0.29) is 31.1 Å². The Labute approximate surface area is 461 Å². The third-order valence-corrected chi connectivity index (χ3v) is 14.9. The van der Waals surface area contributed by atoms with E-state index in [2.05, 4.69) is 57.2 Å². The highest BCUT2D eigenvalue weighted by atomic mass is 16.6. The molecule has 0 fully saturated rings. The van der Waals surface area contributed by atoms with Crippen LogP contribution in [-0.2, 0) is 28.6 Å². The summed E-state index contributed by atoms with van der Waals surface area (Å²) in [6, 6.07) is 0. The van der Waals surface area contributed by atoms with Gasteiger partial charge in [-0.15, -0.1) is 0 Å². The fraction of sp³-hybridized carbons (Fsp3) is 0.868. The third-order valence-electron chi connectivity index (χ3n) is 14.9. The van der Waals surface area contributed by atoms with E-state index in [9.17, 15) is 14.4 Å². The van der Waals surface area contributed by atoms with Crippen LogP contribution in [0.4, 0.5) is 0 Å². The summed E-state index contributed by atoms with van der Waals surface area (Å²) in [5.74, 6) is -0.851. The molecular weight excluding hydrogens is 913 g/mol. The molecule has 0 aromatic rings. The molecule has 1 atom stereocenters. The predicted octanol–water partition coefficient (Wildman–Crippen LogP) is 22.4. The van der Waals surface area contributed by atoms with Gasteiger partial charge in [-0.1, -0.05) is 320 Å². The summed E-state index contributed by atoms with van der Waals surface area (Å²) in [5, 5.41) is 0. The van der Waals surface area contributed by atoms with E-state index in [0.29, 0.717) is 19.3 Å². The van der Waals surface area contributed by atoms with Gasteiger partial charge in [0, 0.05) is 19.3 Å². The zero-order chi connectivity index (χ0) is 53.6. The molecule has 6 nitrogen and oxygen atoms in total. The number of esters is 3. The van der Waals surface area contributed by atoms with Crippen LogP contribution in [0.25, 0.3) is 0 Å². The molecule has 0 aliphatic rings. The second kappa shape index (κ2) is 63.2. The van der Waals surface area contributed by atoms with Crippen molar-refractivity contribution in [1.82, 2.24) is 0 Å². The molecule has 0 bridgehead atoms. The van der Waals surface area contributed by atoms with E-state index in [1.54, 1.807) is 0 Å². The van der Waals surface area contributed by atoms with Crippen molar-refractivity contribution in [2.45, 2.75) is 367 Å². The van der Waals surface area contributed by atoms with Crippen molar-refractivity contribution in [1.29, 1.82) is 0 Å². The Bertz CT molecular complexity index is 1240. The monoisotopic (exact) mass is 1040 g/mol. The van der Waals surface area contributed by atoms with Gasteiger partial charge in [-0.05, 0) is 57.8 Å². The molecule has 0 aromatic heterocycles. The number of ether oxygens (including phenoxy) is 3. The van der Waals surface area contributed by atoms with Crippen molar-refractivity contribution in [3.8, 4) is 0 Å². The Kier molecular flexibility index (Phi) is 61.1. The van der Waals surface area contributed by atoms with Crippen LogP contribution in [0.15, 0.2) is 36.5 Å². The molecule has 0 heterocycles. The minimum Gasteiger partial charge on any atom is -0.462 e. The minimum atomic E-state index is -0.772. The average Bonchev–Trinajstić information content (AvgIpc) is 3.40. The second-order valence-corrected chi connectivity index (χ2v) is 22.4. The molecule has 0 spiro atoms. The summed E-state index contributed by atoms with van der Waals surface area (Å²) in [4.78, 5) is 38.3. The van der Waals surface area contributed by atoms with E-state index in [0.717, 1.165) is 77.0 Å². The smallest absolute Gasteiger partial charge is 0.306 e. The first-order chi connectivity index (χ1) is 36.5. The maximum absolute atomic E-state index is 12.9. The highest BCUT2D eigenvalue weighted by Crippen LogP contribution is 2.18. The summed E-state index contributed by atoms with van der Waals surface area (Å²) >= 11 is 0. The predicted molar refractivity (Wildman–Crippen MR) is 321 cm³/mol. The van der Waals surface area contributed by atoms with Crippen molar-refractivity contribution < 1.29 is 28.6 Å². The SMILES string of the molecule is CCCCCCC/C=C\C/C=C\C/C=C\CCCCCCCCCCC(=O)OCC(COC(=O)CCCCCCCCCCCCCC)OC(=O)CCCCCCCCCCCCCCCCCCCCCCC. The maximum Gasteiger partial charge on any atom is 0.306 e. The Morgan fingerprint density at radius 3 is 0.757 bits per heavy atom. The summed E-state index contributed by atoms with van der Waals surface area (Å²) < 4.78 is 16.9. The van der Waals surface area contributed by atoms with Crippen molar-refractivity contribution in [3.63, 3.8) is 0 Å². The third kappa shape index (κ3) is 60.5. The topological polar surface area (TPSA) is 78.9 Å². The number of unbranched alkanes of at least 4 members (excludes halogenated alkanes) is 44. The van der Waals surface area contributed by atoms with Crippen LogP contribution >= 0.6 is 0 Å². The van der Waals surface area contributed by atoms with Crippen molar-refractivity contribution in [2.24, 2.45) is 0 Å². The molecule has 0 aliphatic carbocycles. The van der Waals surface area contributed by atoms with Crippen molar-refractivity contribution in [2.75, 3.05) is 13.2 Å². The molecule has 0 radical (unpaired) electrons. The fourth-order valence-electron chi connectivity index (χ4n) is 9.92. The lowest BCUT2D eigenvalue weighted by atomic mass is 10.0. The van der Waals surface area contributed by atoms with Crippen LogP contribution in [0.2, 0.25) is 0 Å². The molecule has 0 rings (SSSR count). The van der Waals surface area contributed by atoms with Gasteiger partial charge >= 0.3 is 17.9 Å². The van der Waals surface area contributed by atoms with Crippen LogP contribution in [0, 0.1) is 0 Å². The number of hydrogen-bond acceptors (Lipinski definition) is 6. The molecule has 0 saturated heterocycles. The van der Waals surface area contributed by atoms with Gasteiger partial charge in [-0.3, -0.25) is 14.4 Å². The largest absolute Gasteiger partial charge is 0.462 e. The highest BCUT2D eigenvalue weighted by molar-refractivity contribution is 5.71. The van der Waals surface area contributed by atoms with Crippen LogP contribution in [0.3, 0.4) is 0 Å². The number of hydrogen-bond donors (Lipinski definition) is 0. The van der Waals surface area contributed by atoms with Gasteiger partial charge in [0.2, 0.25) is 0 Å². The summed E-state index contributed by atoms with van der Waals surface area (Å²) in [7, 11) is 0. The number of carbonyl (C=O) groups is 3. The standard InChI is InChI=1S/C68H126O6/c1-4-7-10-13-16-19-22-25-27-29-31-33-34-36-37-39-41-43-46-49-52-55-58-61-67(70)73-64-65(63-72-66(69)60-57-54-51-48-45-24-21-18-15-12-9-6-3)74-68(71)62-59-56-53-50-47-44-42-40-38-35-32-30-28-26-23-20-17-14-11-8-5-2/h22,25,29,31,34,36,65H,4-21,23-24,26-28,30,32-33,35,37-64H2,1-3H3/b25-22-,31-29-,36-34-. The van der Waals surface area contributed by atoms with Crippen LogP contribution in [0.5, 0.6) is 0 Å². The number of carbonyl (C=O) groups excluding carboxylic acids is 3. The first kappa shape index (κ1) is 71.6. The van der Waals surface area contributed by atoms with Gasteiger partial charge in [0.15, 0.2) is 6.10 Å². The first-order valence-corrected chi connectivity index (χ1v) is 33.0. The van der Waals surface area contributed by atoms with E-state index in [1.165, 1.54) is 244 Å². The quantitative estimate of drug-likeness (QED) is 0.0261. The number of allylic oxidation sites excluding steroid dienone is 6. The molecule has 0 aliphatic heterocycles. The van der Waals surface area contributed by atoms with Gasteiger partial charge < -0.3 is 14.2 Å². The lowest BCUT2D eigenvalue weighted by molar-refractivity contribution is -0.167. The Morgan fingerprint density at radius 1 is 0.270 bits per heavy atom. The summed E-state index contributed by atoms with van der Waals surface area (Å²) in [5.41, 5.74) is 0. The lowest BCUT2D eigenvalue weighted by Gasteiger charge is -2.18. The van der Waals surface area contributed by atoms with Gasteiger partial charge in [-0.25, -0.2) is 0 Å². The van der Waals surface area contributed by atoms with Gasteiger partial charge in [-0.2, -0.15) is 0 Å². The van der Waals surface area contributed by atoms with E-state index < -0.39 is 6.10 Å². The van der Waals surface area contributed by atoms with Gasteiger partial charge in [0.1, 0.15) is 13.2 Å². The molecule has 0 N–H and O–H groups in total. The fourth-order valence-corrected chi connectivity index (χ4v) is 9.92. The molecule has 0 amide bonds. The zero-order valence-electron chi connectivity index (χ0n) is 49.9. The maximum atomic E-state index is 12.9. The van der Waals surface area contributed by atoms with Gasteiger partial charge in [0.25, 0.3) is 0 Å². The molecule has 1 unspecified atom stereocenters. The lowest BCUT2D eigenvalue weighted by Crippen LogP contribution is -2.30. The zero-order valence-corrected chi connectivity index (χ0v) is 49.9. The van der Waals surface area contributed by atoms with E-state index in [1.807, 2.05) is 0 Å². The Balaban J connectivity index is 4.27. The molecule has 0 saturated carbocycles. The normalized spacial score (nSPS) is 12.2. The van der Waals surface area contributed by atoms with Crippen LogP contribution < -0.4 is 0 Å². The average molecular weight is 1040 g/mol. The first-order valence-electron chi connectivity index (χ1n) is 33.0. The number of rotatable bonds is 61.